The van der Waals surface area contributed by atoms with Crippen LogP contribution in [0.15, 0.2) is 47.8 Å². The number of aromatic nitrogens is 1. The maximum absolute atomic E-state index is 12.2. The molecule has 0 aliphatic carbocycles. The van der Waals surface area contributed by atoms with Crippen molar-refractivity contribution in [3.8, 4) is 0 Å². The number of nitrogens with one attached hydrogen (secondary N) is 1. The van der Waals surface area contributed by atoms with Gasteiger partial charge in [-0.3, -0.25) is 9.78 Å². The molecule has 0 aliphatic rings. The van der Waals surface area contributed by atoms with Crippen molar-refractivity contribution in [2.24, 2.45) is 5.10 Å². The lowest BCUT2D eigenvalue weighted by molar-refractivity contribution is 0.0959. The first-order chi connectivity index (χ1) is 10.6. The summed E-state index contributed by atoms with van der Waals surface area (Å²) in [5.41, 5.74) is 3.30. The topological polar surface area (TPSA) is 54.4 Å². The highest BCUT2D eigenvalue weighted by Crippen LogP contribution is 2.36. The van der Waals surface area contributed by atoms with E-state index in [1.165, 1.54) is 17.6 Å². The average molecular weight is 350 g/mol. The Kier molecular flexibility index (Phi) is 4.38. The van der Waals surface area contributed by atoms with Crippen LogP contribution >= 0.6 is 34.5 Å². The van der Waals surface area contributed by atoms with Crippen molar-refractivity contribution < 1.29 is 4.79 Å². The molecule has 0 saturated carbocycles. The molecule has 0 spiro atoms. The molecule has 0 aliphatic heterocycles. The third-order valence-corrected chi connectivity index (χ3v) is 4.77. The van der Waals surface area contributed by atoms with Crippen LogP contribution in [-0.4, -0.2) is 17.1 Å². The molecule has 0 fully saturated rings. The molecule has 3 rings (SSSR count). The Bertz CT molecular complexity index is 862. The monoisotopic (exact) mass is 349 g/mol. The highest BCUT2D eigenvalue weighted by atomic mass is 35.5. The molecule has 110 valence electrons. The summed E-state index contributed by atoms with van der Waals surface area (Å²) in [7, 11) is 0. The predicted molar refractivity (Wildman–Crippen MR) is 91.1 cm³/mol. The van der Waals surface area contributed by atoms with Crippen LogP contribution in [-0.2, 0) is 0 Å². The molecule has 1 amide bonds. The molecule has 0 unspecified atom stereocenters. The largest absolute Gasteiger partial charge is 0.283 e. The highest BCUT2D eigenvalue weighted by Gasteiger charge is 2.16. The third kappa shape index (κ3) is 3.11. The fourth-order valence-corrected chi connectivity index (χ4v) is 3.53. The molecule has 0 radical (unpaired) electrons. The molecule has 22 heavy (non-hydrogen) atoms. The van der Waals surface area contributed by atoms with Gasteiger partial charge >= 0.3 is 0 Å². The maximum atomic E-state index is 12.2. The lowest BCUT2D eigenvalue weighted by Crippen LogP contribution is -2.16. The summed E-state index contributed by atoms with van der Waals surface area (Å²) in [6, 6.07) is 8.89. The second kappa shape index (κ2) is 6.44. The van der Waals surface area contributed by atoms with E-state index < -0.39 is 0 Å². The molecule has 1 N–H and O–H groups in total. The SMILES string of the molecule is O=C(N/N=C/c1ccncc1)c1sc2cc(Cl)ccc2c1Cl. The molecule has 0 saturated heterocycles. The number of halogens is 2. The number of carbonyl (C=O) groups excluding carboxylic acids is 1. The number of pyridine rings is 1. The van der Waals surface area contributed by atoms with E-state index in [1.54, 1.807) is 42.7 Å². The van der Waals surface area contributed by atoms with Crippen LogP contribution in [0.25, 0.3) is 10.1 Å². The van der Waals surface area contributed by atoms with Gasteiger partial charge in [-0.25, -0.2) is 5.43 Å². The van der Waals surface area contributed by atoms with Crippen molar-refractivity contribution in [3.05, 3.63) is 63.2 Å². The maximum Gasteiger partial charge on any atom is 0.283 e. The summed E-state index contributed by atoms with van der Waals surface area (Å²) >= 11 is 13.5. The van der Waals surface area contributed by atoms with E-state index >= 15 is 0 Å². The number of benzene rings is 1. The van der Waals surface area contributed by atoms with E-state index in [4.69, 9.17) is 23.2 Å². The number of hydrogen-bond acceptors (Lipinski definition) is 4. The van der Waals surface area contributed by atoms with Gasteiger partial charge in [-0.2, -0.15) is 5.10 Å². The number of hydrazone groups is 1. The summed E-state index contributed by atoms with van der Waals surface area (Å²) in [4.78, 5) is 16.5. The molecule has 7 heteroatoms. The molecule has 1 aromatic carbocycles. The fraction of sp³-hybridized carbons (Fsp3) is 0. The van der Waals surface area contributed by atoms with Crippen molar-refractivity contribution >= 4 is 56.7 Å². The van der Waals surface area contributed by atoms with E-state index in [0.29, 0.717) is 14.9 Å². The second-order valence-corrected chi connectivity index (χ2v) is 6.23. The number of hydrogen-bond donors (Lipinski definition) is 1. The van der Waals surface area contributed by atoms with Gasteiger partial charge in [0, 0.05) is 27.5 Å². The van der Waals surface area contributed by atoms with Crippen LogP contribution in [0.2, 0.25) is 10.0 Å². The van der Waals surface area contributed by atoms with Crippen LogP contribution < -0.4 is 5.43 Å². The Hall–Kier alpha value is -1.95. The van der Waals surface area contributed by atoms with Crippen LogP contribution in [0.1, 0.15) is 15.2 Å². The smallest absolute Gasteiger partial charge is 0.266 e. The van der Waals surface area contributed by atoms with E-state index in [2.05, 4.69) is 15.5 Å². The summed E-state index contributed by atoms with van der Waals surface area (Å²) in [5, 5.41) is 5.74. The molecule has 0 atom stereocenters. The summed E-state index contributed by atoms with van der Waals surface area (Å²) in [5.74, 6) is -0.354. The first kappa shape index (κ1) is 15.0. The minimum Gasteiger partial charge on any atom is -0.266 e. The zero-order valence-corrected chi connectivity index (χ0v) is 13.4. The minimum atomic E-state index is -0.354. The predicted octanol–water partition coefficient (Wildman–Crippen LogP) is 4.37. The number of rotatable bonds is 3. The standard InChI is InChI=1S/C15H9Cl2N3OS/c16-10-1-2-11-12(7-10)22-14(13(11)17)15(21)20-19-8-9-3-5-18-6-4-9/h1-8H,(H,20,21)/b19-8+. The summed E-state index contributed by atoms with van der Waals surface area (Å²) in [6.45, 7) is 0. The molecule has 2 heterocycles. The number of thiophene rings is 1. The summed E-state index contributed by atoms with van der Waals surface area (Å²) in [6.07, 6.45) is 4.84. The van der Waals surface area contributed by atoms with Gasteiger partial charge in [-0.1, -0.05) is 29.3 Å². The Morgan fingerprint density at radius 3 is 2.77 bits per heavy atom. The van der Waals surface area contributed by atoms with E-state index in [1.807, 2.05) is 0 Å². The zero-order valence-electron chi connectivity index (χ0n) is 11.1. The van der Waals surface area contributed by atoms with E-state index in [-0.39, 0.29) is 5.91 Å². The highest BCUT2D eigenvalue weighted by molar-refractivity contribution is 7.21. The number of carbonyl (C=O) groups is 1. The molecular formula is C15H9Cl2N3OS. The van der Waals surface area contributed by atoms with Crippen LogP contribution in [0, 0.1) is 0 Å². The summed E-state index contributed by atoms with van der Waals surface area (Å²) < 4.78 is 0.862. The Morgan fingerprint density at radius 2 is 2.00 bits per heavy atom. The minimum absolute atomic E-state index is 0.354. The molecular weight excluding hydrogens is 341 g/mol. The van der Waals surface area contributed by atoms with Gasteiger partial charge in [0.25, 0.3) is 5.91 Å². The molecule has 3 aromatic rings. The van der Waals surface area contributed by atoms with Crippen LogP contribution in [0.4, 0.5) is 0 Å². The zero-order chi connectivity index (χ0) is 15.5. The molecule has 0 bridgehead atoms. The van der Waals surface area contributed by atoms with Crippen molar-refractivity contribution in [2.75, 3.05) is 0 Å². The second-order valence-electron chi connectivity index (χ2n) is 4.37. The van der Waals surface area contributed by atoms with Gasteiger partial charge in [-0.05, 0) is 29.8 Å². The normalized spacial score (nSPS) is 11.2. The van der Waals surface area contributed by atoms with Crippen LogP contribution in [0.5, 0.6) is 0 Å². The van der Waals surface area contributed by atoms with Crippen LogP contribution in [0.3, 0.4) is 0 Å². The lowest BCUT2D eigenvalue weighted by atomic mass is 10.2. The molecule has 4 nitrogen and oxygen atoms in total. The Labute approximate surface area is 140 Å². The van der Waals surface area contributed by atoms with E-state index in [0.717, 1.165) is 15.6 Å². The van der Waals surface area contributed by atoms with Gasteiger partial charge in [0.2, 0.25) is 0 Å². The Morgan fingerprint density at radius 1 is 1.23 bits per heavy atom. The molecule has 2 aromatic heterocycles. The average Bonchev–Trinajstić information content (AvgIpc) is 2.84. The third-order valence-electron chi connectivity index (χ3n) is 2.88. The van der Waals surface area contributed by atoms with Crippen molar-refractivity contribution in [1.82, 2.24) is 10.4 Å². The van der Waals surface area contributed by atoms with Gasteiger partial charge in [0.05, 0.1) is 11.2 Å². The van der Waals surface area contributed by atoms with Gasteiger partial charge in [-0.15, -0.1) is 11.3 Å². The number of amides is 1. The van der Waals surface area contributed by atoms with E-state index in [9.17, 15) is 4.79 Å². The Balaban J connectivity index is 1.80. The first-order valence-electron chi connectivity index (χ1n) is 6.26. The van der Waals surface area contributed by atoms with Gasteiger partial charge < -0.3 is 0 Å². The van der Waals surface area contributed by atoms with Crippen molar-refractivity contribution in [1.29, 1.82) is 0 Å². The van der Waals surface area contributed by atoms with Crippen molar-refractivity contribution in [3.63, 3.8) is 0 Å². The quantitative estimate of drug-likeness (QED) is 0.563. The lowest BCUT2D eigenvalue weighted by Gasteiger charge is -1.97. The van der Waals surface area contributed by atoms with Crippen molar-refractivity contribution in [2.45, 2.75) is 0 Å². The van der Waals surface area contributed by atoms with Gasteiger partial charge in [0.15, 0.2) is 0 Å². The van der Waals surface area contributed by atoms with Gasteiger partial charge in [0.1, 0.15) is 4.88 Å². The number of nitrogens with zero attached hydrogens (tertiary/aromatic N) is 2. The fourth-order valence-electron chi connectivity index (χ4n) is 1.85. The number of fused-ring (bicyclic) bond motifs is 1. The first-order valence-corrected chi connectivity index (χ1v) is 7.83.